The highest BCUT2D eigenvalue weighted by Gasteiger charge is 1.88. The Bertz CT molecular complexity index is 202. The van der Waals surface area contributed by atoms with Crippen LogP contribution in [0.1, 0.15) is 0 Å². The summed E-state index contributed by atoms with van der Waals surface area (Å²) in [6.07, 6.45) is 0. The summed E-state index contributed by atoms with van der Waals surface area (Å²) < 4.78 is 4.87. The largest absolute Gasteiger partial charge is 0.481 e. The van der Waals surface area contributed by atoms with Gasteiger partial charge in [-0.25, -0.2) is 4.98 Å². The van der Waals surface area contributed by atoms with Gasteiger partial charge in [-0.2, -0.15) is 0 Å². The second kappa shape index (κ2) is 2.79. The first-order chi connectivity index (χ1) is 4.33. The summed E-state index contributed by atoms with van der Waals surface area (Å²) in [5.41, 5.74) is 0.898. The van der Waals surface area contributed by atoms with Crippen LogP contribution in [0.3, 0.4) is 0 Å². The summed E-state index contributed by atoms with van der Waals surface area (Å²) in [4.78, 5) is 4.03. The lowest BCUT2D eigenvalue weighted by molar-refractivity contribution is 0.399. The van der Waals surface area contributed by atoms with Crippen LogP contribution >= 0.6 is 9.24 Å². The van der Waals surface area contributed by atoms with E-state index in [9.17, 15) is 0 Å². The highest BCUT2D eigenvalue weighted by Crippen LogP contribution is 2.00. The zero-order chi connectivity index (χ0) is 6.69. The Morgan fingerprint density at radius 1 is 1.56 bits per heavy atom. The fourth-order valence-corrected chi connectivity index (χ4v) is 0.783. The zero-order valence-corrected chi connectivity index (χ0v) is 6.32. The van der Waals surface area contributed by atoms with E-state index in [0.717, 1.165) is 5.44 Å². The summed E-state index contributed by atoms with van der Waals surface area (Å²) in [7, 11) is 4.10. The number of ether oxygens (including phenoxy) is 1. The van der Waals surface area contributed by atoms with Crippen molar-refractivity contribution in [2.24, 2.45) is 0 Å². The molecule has 0 radical (unpaired) electrons. The summed E-state index contributed by atoms with van der Waals surface area (Å²) in [5, 5.41) is 0. The molecule has 0 spiro atoms. The van der Waals surface area contributed by atoms with E-state index in [1.165, 1.54) is 0 Å². The van der Waals surface area contributed by atoms with E-state index in [4.69, 9.17) is 4.74 Å². The lowest BCUT2D eigenvalue weighted by Gasteiger charge is -1.96. The highest BCUT2D eigenvalue weighted by atomic mass is 31.0. The highest BCUT2D eigenvalue weighted by molar-refractivity contribution is 7.26. The van der Waals surface area contributed by atoms with Gasteiger partial charge in [0.05, 0.1) is 12.5 Å². The maximum Gasteiger partial charge on any atom is 0.213 e. The van der Waals surface area contributed by atoms with Crippen molar-refractivity contribution in [3.8, 4) is 5.88 Å². The van der Waals surface area contributed by atoms with Gasteiger partial charge in [-0.3, -0.25) is 0 Å². The first-order valence-electron chi connectivity index (χ1n) is 2.59. The number of hydrogen-bond donors (Lipinski definition) is 0. The Morgan fingerprint density at radius 2 is 2.33 bits per heavy atom. The van der Waals surface area contributed by atoms with Crippen LogP contribution in [-0.2, 0) is 0 Å². The summed E-state index contributed by atoms with van der Waals surface area (Å²) in [5.74, 6) is 0.655. The Hall–Kier alpha value is -0.620. The number of pyridine rings is 1. The number of aromatic nitrogens is 1. The standard InChI is InChI=1S/C6H8NOP/c1-8-5-3-2-4-6(9)7-5/h2-4H,9H2,1H3. The quantitative estimate of drug-likeness (QED) is 0.534. The smallest absolute Gasteiger partial charge is 0.213 e. The van der Waals surface area contributed by atoms with E-state index in [2.05, 4.69) is 14.2 Å². The number of nitrogens with zero attached hydrogens (tertiary/aromatic N) is 1. The molecule has 2 nitrogen and oxygen atoms in total. The van der Waals surface area contributed by atoms with Gasteiger partial charge in [0.1, 0.15) is 0 Å². The van der Waals surface area contributed by atoms with Crippen molar-refractivity contribution in [3.63, 3.8) is 0 Å². The normalized spacial score (nSPS) is 9.11. The van der Waals surface area contributed by atoms with Crippen molar-refractivity contribution >= 4 is 14.7 Å². The molecule has 0 bridgehead atoms. The molecule has 3 heteroatoms. The molecule has 48 valence electrons. The molecule has 0 fully saturated rings. The van der Waals surface area contributed by atoms with Crippen LogP contribution in [0.15, 0.2) is 18.2 Å². The Morgan fingerprint density at radius 3 is 2.78 bits per heavy atom. The molecule has 9 heavy (non-hydrogen) atoms. The van der Waals surface area contributed by atoms with Crippen molar-refractivity contribution in [3.05, 3.63) is 18.2 Å². The van der Waals surface area contributed by atoms with Crippen molar-refractivity contribution in [2.45, 2.75) is 0 Å². The van der Waals surface area contributed by atoms with E-state index in [1.807, 2.05) is 18.2 Å². The average molecular weight is 141 g/mol. The third-order valence-electron chi connectivity index (χ3n) is 0.954. The predicted octanol–water partition coefficient (Wildman–Crippen LogP) is 0.591. The van der Waals surface area contributed by atoms with Crippen LogP contribution in [0.4, 0.5) is 0 Å². The predicted molar refractivity (Wildman–Crippen MR) is 40.1 cm³/mol. The van der Waals surface area contributed by atoms with Crippen LogP contribution in [-0.4, -0.2) is 12.1 Å². The van der Waals surface area contributed by atoms with E-state index in [1.54, 1.807) is 7.11 Å². The fraction of sp³-hybridized carbons (Fsp3) is 0.167. The molecule has 0 saturated carbocycles. The molecule has 1 heterocycles. The van der Waals surface area contributed by atoms with E-state index in [-0.39, 0.29) is 0 Å². The van der Waals surface area contributed by atoms with Crippen molar-refractivity contribution in [1.82, 2.24) is 4.98 Å². The van der Waals surface area contributed by atoms with Gasteiger partial charge in [-0.05, 0) is 6.07 Å². The molecule has 0 saturated heterocycles. The molecule has 0 aliphatic rings. The molecule has 0 aliphatic heterocycles. The molecule has 0 N–H and O–H groups in total. The van der Waals surface area contributed by atoms with Gasteiger partial charge < -0.3 is 4.74 Å². The maximum atomic E-state index is 4.87. The van der Waals surface area contributed by atoms with Gasteiger partial charge in [0.2, 0.25) is 5.88 Å². The van der Waals surface area contributed by atoms with Crippen LogP contribution < -0.4 is 10.2 Å². The first-order valence-corrected chi connectivity index (χ1v) is 3.17. The maximum absolute atomic E-state index is 4.87. The zero-order valence-electron chi connectivity index (χ0n) is 5.16. The molecule has 0 aliphatic carbocycles. The minimum Gasteiger partial charge on any atom is -0.481 e. The van der Waals surface area contributed by atoms with Gasteiger partial charge in [-0.1, -0.05) is 15.3 Å². The Labute approximate surface area is 56.5 Å². The molecule has 1 atom stereocenters. The summed E-state index contributed by atoms with van der Waals surface area (Å²) >= 11 is 0. The minimum atomic E-state index is 0.655. The third kappa shape index (κ3) is 1.65. The Kier molecular flexibility index (Phi) is 2.01. The van der Waals surface area contributed by atoms with Crippen LogP contribution in [0, 0.1) is 0 Å². The van der Waals surface area contributed by atoms with Crippen LogP contribution in [0.25, 0.3) is 0 Å². The molecule has 0 aromatic carbocycles. The lowest BCUT2D eigenvalue weighted by Crippen LogP contribution is -1.98. The summed E-state index contributed by atoms with van der Waals surface area (Å²) in [6, 6.07) is 5.61. The topological polar surface area (TPSA) is 22.1 Å². The molecule has 1 rings (SSSR count). The van der Waals surface area contributed by atoms with Crippen molar-refractivity contribution in [2.75, 3.05) is 7.11 Å². The van der Waals surface area contributed by atoms with Gasteiger partial charge in [0.25, 0.3) is 0 Å². The first kappa shape index (κ1) is 6.50. The molecule has 1 aromatic heterocycles. The molecule has 0 amide bonds. The number of methoxy groups -OCH3 is 1. The van der Waals surface area contributed by atoms with Crippen LogP contribution in [0.2, 0.25) is 0 Å². The molecular weight excluding hydrogens is 133 g/mol. The number of rotatable bonds is 1. The molecule has 1 aromatic rings. The third-order valence-corrected chi connectivity index (χ3v) is 1.28. The minimum absolute atomic E-state index is 0.655. The Balaban J connectivity index is 2.94. The molecule has 1 unspecified atom stereocenters. The monoisotopic (exact) mass is 141 g/mol. The van der Waals surface area contributed by atoms with Crippen molar-refractivity contribution < 1.29 is 4.74 Å². The summed E-state index contributed by atoms with van der Waals surface area (Å²) in [6.45, 7) is 0. The fourth-order valence-electron chi connectivity index (χ4n) is 0.544. The average Bonchev–Trinajstić information content (AvgIpc) is 1.88. The number of hydrogen-bond acceptors (Lipinski definition) is 2. The second-order valence-electron chi connectivity index (χ2n) is 1.60. The van der Waals surface area contributed by atoms with Gasteiger partial charge in [0.15, 0.2) is 0 Å². The van der Waals surface area contributed by atoms with Crippen molar-refractivity contribution in [1.29, 1.82) is 0 Å². The van der Waals surface area contributed by atoms with E-state index >= 15 is 0 Å². The van der Waals surface area contributed by atoms with Gasteiger partial charge >= 0.3 is 0 Å². The van der Waals surface area contributed by atoms with E-state index < -0.39 is 0 Å². The lowest BCUT2D eigenvalue weighted by atomic mass is 10.5. The van der Waals surface area contributed by atoms with E-state index in [0.29, 0.717) is 5.88 Å². The SMILES string of the molecule is COc1cccc(P)n1. The van der Waals surface area contributed by atoms with Gasteiger partial charge in [-0.15, -0.1) is 0 Å². The second-order valence-corrected chi connectivity index (χ2v) is 2.20. The molecular formula is C6H8NOP. The van der Waals surface area contributed by atoms with Crippen LogP contribution in [0.5, 0.6) is 5.88 Å². The van der Waals surface area contributed by atoms with Gasteiger partial charge in [0, 0.05) is 6.07 Å².